The fourth-order valence-electron chi connectivity index (χ4n) is 2.30. The fraction of sp³-hybridized carbons (Fsp3) is 0.600. The van der Waals surface area contributed by atoms with Crippen LogP contribution in [-0.2, 0) is 9.59 Å². The third kappa shape index (κ3) is 1.19. The highest BCUT2D eigenvalue weighted by molar-refractivity contribution is 6.05. The van der Waals surface area contributed by atoms with Gasteiger partial charge in [0.2, 0.25) is 11.8 Å². The van der Waals surface area contributed by atoms with E-state index in [9.17, 15) is 9.59 Å². The van der Waals surface area contributed by atoms with E-state index in [2.05, 4.69) is 11.4 Å². The van der Waals surface area contributed by atoms with Gasteiger partial charge in [0.1, 0.15) is 0 Å². The molecule has 13 heavy (non-hydrogen) atoms. The summed E-state index contributed by atoms with van der Waals surface area (Å²) in [4.78, 5) is 22.7. The molecule has 0 aromatic carbocycles. The van der Waals surface area contributed by atoms with Gasteiger partial charge in [-0.1, -0.05) is 19.1 Å². The number of allylic oxidation sites excluding steroid dienone is 2. The predicted molar refractivity (Wildman–Crippen MR) is 47.7 cm³/mol. The topological polar surface area (TPSA) is 46.2 Å². The Hall–Kier alpha value is -1.12. The van der Waals surface area contributed by atoms with Crippen LogP contribution in [-0.4, -0.2) is 11.8 Å². The Morgan fingerprint density at radius 3 is 2.92 bits per heavy atom. The van der Waals surface area contributed by atoms with E-state index in [1.54, 1.807) is 0 Å². The van der Waals surface area contributed by atoms with Gasteiger partial charge in [0.25, 0.3) is 0 Å². The molecular formula is C10H13NO2. The quantitative estimate of drug-likeness (QED) is 0.479. The van der Waals surface area contributed by atoms with E-state index in [0.717, 1.165) is 12.8 Å². The lowest BCUT2D eigenvalue weighted by Crippen LogP contribution is -2.27. The van der Waals surface area contributed by atoms with Crippen molar-refractivity contribution in [2.75, 3.05) is 0 Å². The molecule has 0 saturated carbocycles. The summed E-state index contributed by atoms with van der Waals surface area (Å²) in [5, 5.41) is 2.41. The average Bonchev–Trinajstić information content (AvgIpc) is 2.43. The second-order valence-corrected chi connectivity index (χ2v) is 3.72. The average molecular weight is 179 g/mol. The summed E-state index contributed by atoms with van der Waals surface area (Å²) in [5.41, 5.74) is 0. The lowest BCUT2D eigenvalue weighted by Gasteiger charge is -2.24. The molecule has 1 aliphatic heterocycles. The molecular weight excluding hydrogens is 166 g/mol. The Bertz CT molecular complexity index is 283. The Kier molecular flexibility index (Phi) is 1.94. The van der Waals surface area contributed by atoms with E-state index in [4.69, 9.17) is 0 Å². The number of imide groups is 1. The normalized spacial score (nSPS) is 37.5. The molecule has 0 aromatic heterocycles. The lowest BCUT2D eigenvalue weighted by molar-refractivity contribution is -0.126. The SMILES string of the molecule is CCC1C=CCC2C(=O)NC(=O)C12. The molecule has 3 heteroatoms. The van der Waals surface area contributed by atoms with Gasteiger partial charge in [-0.3, -0.25) is 14.9 Å². The lowest BCUT2D eigenvalue weighted by atomic mass is 9.76. The molecule has 1 saturated heterocycles. The molecule has 0 bridgehead atoms. The van der Waals surface area contributed by atoms with E-state index < -0.39 is 0 Å². The molecule has 3 unspecified atom stereocenters. The largest absolute Gasteiger partial charge is 0.296 e. The van der Waals surface area contributed by atoms with Crippen LogP contribution in [0.5, 0.6) is 0 Å². The van der Waals surface area contributed by atoms with Gasteiger partial charge in [-0.15, -0.1) is 0 Å². The Morgan fingerprint density at radius 1 is 1.46 bits per heavy atom. The molecule has 2 amide bonds. The minimum Gasteiger partial charge on any atom is -0.296 e. The van der Waals surface area contributed by atoms with Crippen molar-refractivity contribution in [2.24, 2.45) is 17.8 Å². The smallest absolute Gasteiger partial charge is 0.231 e. The molecule has 1 aliphatic carbocycles. The molecule has 0 aromatic rings. The zero-order valence-corrected chi connectivity index (χ0v) is 7.62. The summed E-state index contributed by atoms with van der Waals surface area (Å²) < 4.78 is 0. The van der Waals surface area contributed by atoms with Crippen LogP contribution in [0.1, 0.15) is 19.8 Å². The van der Waals surface area contributed by atoms with E-state index in [1.165, 1.54) is 0 Å². The van der Waals surface area contributed by atoms with E-state index in [1.807, 2.05) is 13.0 Å². The number of amides is 2. The van der Waals surface area contributed by atoms with Gasteiger partial charge in [-0.05, 0) is 18.8 Å². The molecule has 1 fully saturated rings. The highest BCUT2D eigenvalue weighted by Gasteiger charge is 2.45. The fourth-order valence-corrected chi connectivity index (χ4v) is 2.30. The Labute approximate surface area is 77.2 Å². The molecule has 1 heterocycles. The summed E-state index contributed by atoms with van der Waals surface area (Å²) in [6.45, 7) is 2.05. The third-order valence-electron chi connectivity index (χ3n) is 3.03. The van der Waals surface area contributed by atoms with Crippen molar-refractivity contribution in [3.63, 3.8) is 0 Å². The van der Waals surface area contributed by atoms with Gasteiger partial charge in [0, 0.05) is 0 Å². The van der Waals surface area contributed by atoms with Crippen LogP contribution >= 0.6 is 0 Å². The molecule has 0 spiro atoms. The molecule has 1 N–H and O–H groups in total. The predicted octanol–water partition coefficient (Wildman–Crippen LogP) is 0.861. The van der Waals surface area contributed by atoms with Gasteiger partial charge in [-0.25, -0.2) is 0 Å². The van der Waals surface area contributed by atoms with Crippen LogP contribution in [0.4, 0.5) is 0 Å². The van der Waals surface area contributed by atoms with Crippen molar-refractivity contribution < 1.29 is 9.59 Å². The number of fused-ring (bicyclic) bond motifs is 1. The maximum absolute atomic E-state index is 11.4. The summed E-state index contributed by atoms with van der Waals surface area (Å²) in [6.07, 6.45) is 5.74. The van der Waals surface area contributed by atoms with Crippen molar-refractivity contribution in [2.45, 2.75) is 19.8 Å². The second kappa shape index (κ2) is 2.98. The monoisotopic (exact) mass is 179 g/mol. The molecule has 2 aliphatic rings. The minimum atomic E-state index is -0.0950. The number of carbonyl (C=O) groups excluding carboxylic acids is 2. The third-order valence-corrected chi connectivity index (χ3v) is 3.03. The van der Waals surface area contributed by atoms with Gasteiger partial charge < -0.3 is 0 Å². The molecule has 0 radical (unpaired) electrons. The van der Waals surface area contributed by atoms with Crippen LogP contribution in [0.15, 0.2) is 12.2 Å². The van der Waals surface area contributed by atoms with Crippen LogP contribution in [0.2, 0.25) is 0 Å². The van der Waals surface area contributed by atoms with Gasteiger partial charge in [-0.2, -0.15) is 0 Å². The van der Waals surface area contributed by atoms with Crippen LogP contribution < -0.4 is 5.32 Å². The summed E-state index contributed by atoms with van der Waals surface area (Å²) in [6, 6.07) is 0. The van der Waals surface area contributed by atoms with Crippen molar-refractivity contribution in [3.05, 3.63) is 12.2 Å². The molecule has 2 rings (SSSR count). The first-order chi connectivity index (χ1) is 6.24. The first-order valence-corrected chi connectivity index (χ1v) is 4.75. The number of nitrogens with one attached hydrogen (secondary N) is 1. The summed E-state index contributed by atoms with van der Waals surface area (Å²) in [7, 11) is 0. The summed E-state index contributed by atoms with van der Waals surface area (Å²) in [5.74, 6) is -0.0980. The van der Waals surface area contributed by atoms with Crippen molar-refractivity contribution >= 4 is 11.8 Å². The number of hydrogen-bond acceptors (Lipinski definition) is 2. The Balaban J connectivity index is 2.29. The zero-order chi connectivity index (χ0) is 9.42. The maximum Gasteiger partial charge on any atom is 0.231 e. The highest BCUT2D eigenvalue weighted by Crippen LogP contribution is 2.35. The van der Waals surface area contributed by atoms with E-state index >= 15 is 0 Å². The molecule has 70 valence electrons. The van der Waals surface area contributed by atoms with Crippen LogP contribution in [0.3, 0.4) is 0 Å². The van der Waals surface area contributed by atoms with Crippen molar-refractivity contribution in [3.8, 4) is 0 Å². The van der Waals surface area contributed by atoms with Gasteiger partial charge in [0.05, 0.1) is 11.8 Å². The number of hydrogen-bond donors (Lipinski definition) is 1. The van der Waals surface area contributed by atoms with Crippen LogP contribution in [0.25, 0.3) is 0 Å². The number of carbonyl (C=O) groups is 2. The Morgan fingerprint density at radius 2 is 2.23 bits per heavy atom. The van der Waals surface area contributed by atoms with Crippen molar-refractivity contribution in [1.82, 2.24) is 5.32 Å². The van der Waals surface area contributed by atoms with Gasteiger partial charge in [0.15, 0.2) is 0 Å². The second-order valence-electron chi connectivity index (χ2n) is 3.72. The molecule has 3 nitrogen and oxygen atoms in total. The van der Waals surface area contributed by atoms with E-state index in [0.29, 0.717) is 0 Å². The van der Waals surface area contributed by atoms with Crippen LogP contribution in [0, 0.1) is 17.8 Å². The minimum absolute atomic E-state index is 0.0776. The zero-order valence-electron chi connectivity index (χ0n) is 7.62. The number of rotatable bonds is 1. The van der Waals surface area contributed by atoms with E-state index in [-0.39, 0.29) is 29.6 Å². The van der Waals surface area contributed by atoms with Crippen molar-refractivity contribution in [1.29, 1.82) is 0 Å². The highest BCUT2D eigenvalue weighted by atomic mass is 16.2. The molecule has 3 atom stereocenters. The summed E-state index contributed by atoms with van der Waals surface area (Å²) >= 11 is 0. The van der Waals surface area contributed by atoms with Gasteiger partial charge >= 0.3 is 0 Å². The first kappa shape index (κ1) is 8.48. The standard InChI is InChI=1S/C10H13NO2/c1-2-6-4-3-5-7-8(6)10(13)11-9(7)12/h3-4,6-8H,2,5H2,1H3,(H,11,12,13). The maximum atomic E-state index is 11.4. The first-order valence-electron chi connectivity index (χ1n) is 4.75.